The molecule has 0 heterocycles. The molecule has 0 aliphatic carbocycles. The van der Waals surface area contributed by atoms with Gasteiger partial charge >= 0.3 is 5.97 Å². The highest BCUT2D eigenvalue weighted by atomic mass is 16.4. The fraction of sp³-hybridized carbons (Fsp3) is 0.800. The fourth-order valence-electron chi connectivity index (χ4n) is 0.461. The standard InChI is InChI=1S/C5H12N2O2.H3N/c6-3-1-2-4(7)5(8)9;/h4H,1-3,6-7H2,(H,8,9);1H3. The first kappa shape index (κ1) is 12.1. The van der Waals surface area contributed by atoms with Crippen molar-refractivity contribution in [2.45, 2.75) is 18.9 Å². The Labute approximate surface area is 60.0 Å². The van der Waals surface area contributed by atoms with E-state index in [1.54, 1.807) is 0 Å². The lowest BCUT2D eigenvalue weighted by atomic mass is 10.2. The second-order valence-electron chi connectivity index (χ2n) is 1.88. The van der Waals surface area contributed by atoms with Crippen molar-refractivity contribution in [1.82, 2.24) is 6.15 Å². The van der Waals surface area contributed by atoms with E-state index in [9.17, 15) is 4.79 Å². The van der Waals surface area contributed by atoms with E-state index < -0.39 is 12.0 Å². The molecule has 0 amide bonds. The molecule has 5 nitrogen and oxygen atoms in total. The molecule has 0 bridgehead atoms. The van der Waals surface area contributed by atoms with Crippen LogP contribution in [0.25, 0.3) is 0 Å². The zero-order valence-electron chi connectivity index (χ0n) is 5.92. The molecule has 1 atom stereocenters. The lowest BCUT2D eigenvalue weighted by molar-refractivity contribution is -0.138. The van der Waals surface area contributed by atoms with E-state index in [0.29, 0.717) is 19.4 Å². The molecular formula is C5H15N3O2. The highest BCUT2D eigenvalue weighted by Gasteiger charge is 2.08. The summed E-state index contributed by atoms with van der Waals surface area (Å²) in [6.45, 7) is 0.501. The van der Waals surface area contributed by atoms with Gasteiger partial charge in [0.15, 0.2) is 0 Å². The third kappa shape index (κ3) is 5.49. The van der Waals surface area contributed by atoms with E-state index in [4.69, 9.17) is 16.6 Å². The number of carboxylic acids is 1. The SMILES string of the molecule is N.NCCCC(N)C(=O)O. The van der Waals surface area contributed by atoms with Crippen molar-refractivity contribution >= 4 is 5.97 Å². The third-order valence-corrected chi connectivity index (χ3v) is 1.04. The van der Waals surface area contributed by atoms with Crippen LogP contribution in [-0.4, -0.2) is 23.7 Å². The van der Waals surface area contributed by atoms with Crippen molar-refractivity contribution in [2.24, 2.45) is 11.5 Å². The third-order valence-electron chi connectivity index (χ3n) is 1.04. The monoisotopic (exact) mass is 149 g/mol. The molecular weight excluding hydrogens is 134 g/mol. The van der Waals surface area contributed by atoms with Crippen LogP contribution in [0.5, 0.6) is 0 Å². The number of hydrogen-bond donors (Lipinski definition) is 4. The van der Waals surface area contributed by atoms with Gasteiger partial charge in [-0.25, -0.2) is 0 Å². The van der Waals surface area contributed by atoms with Gasteiger partial charge in [0.25, 0.3) is 0 Å². The molecule has 0 radical (unpaired) electrons. The van der Waals surface area contributed by atoms with Gasteiger partial charge in [-0.2, -0.15) is 0 Å². The summed E-state index contributed by atoms with van der Waals surface area (Å²) >= 11 is 0. The highest BCUT2D eigenvalue weighted by molar-refractivity contribution is 5.72. The minimum Gasteiger partial charge on any atom is -0.480 e. The van der Waals surface area contributed by atoms with E-state index >= 15 is 0 Å². The maximum absolute atomic E-state index is 10.0. The predicted molar refractivity (Wildman–Crippen MR) is 38.9 cm³/mol. The van der Waals surface area contributed by atoms with Gasteiger partial charge in [-0.3, -0.25) is 4.79 Å². The van der Waals surface area contributed by atoms with Gasteiger partial charge in [0.1, 0.15) is 6.04 Å². The van der Waals surface area contributed by atoms with Crippen LogP contribution in [-0.2, 0) is 4.79 Å². The molecule has 0 aliphatic rings. The molecule has 0 saturated carbocycles. The van der Waals surface area contributed by atoms with Crippen molar-refractivity contribution in [3.8, 4) is 0 Å². The second kappa shape index (κ2) is 6.47. The van der Waals surface area contributed by atoms with Crippen molar-refractivity contribution in [3.05, 3.63) is 0 Å². The largest absolute Gasteiger partial charge is 0.480 e. The molecule has 0 rings (SSSR count). The number of rotatable bonds is 4. The van der Waals surface area contributed by atoms with Gasteiger partial charge in [-0.1, -0.05) is 0 Å². The second-order valence-corrected chi connectivity index (χ2v) is 1.88. The Morgan fingerprint density at radius 2 is 2.10 bits per heavy atom. The molecule has 5 heteroatoms. The number of hydrogen-bond acceptors (Lipinski definition) is 4. The van der Waals surface area contributed by atoms with E-state index in [2.05, 4.69) is 0 Å². The van der Waals surface area contributed by atoms with Crippen molar-refractivity contribution in [2.75, 3.05) is 6.54 Å². The van der Waals surface area contributed by atoms with Crippen molar-refractivity contribution in [1.29, 1.82) is 0 Å². The van der Waals surface area contributed by atoms with E-state index in [-0.39, 0.29) is 6.15 Å². The minimum atomic E-state index is -0.955. The average Bonchev–Trinajstić information content (AvgIpc) is 1.82. The Balaban J connectivity index is 0. The molecule has 0 aromatic heterocycles. The molecule has 0 aromatic carbocycles. The minimum absolute atomic E-state index is 0. The van der Waals surface area contributed by atoms with Crippen LogP contribution in [0.4, 0.5) is 0 Å². The zero-order valence-corrected chi connectivity index (χ0v) is 5.92. The van der Waals surface area contributed by atoms with Gasteiger partial charge in [-0.15, -0.1) is 0 Å². The summed E-state index contributed by atoms with van der Waals surface area (Å²) in [7, 11) is 0. The lowest BCUT2D eigenvalue weighted by Gasteiger charge is -2.02. The van der Waals surface area contributed by atoms with Gasteiger partial charge < -0.3 is 22.7 Å². The first-order valence-corrected chi connectivity index (χ1v) is 2.87. The molecule has 0 aromatic rings. The summed E-state index contributed by atoms with van der Waals surface area (Å²) in [6, 6.07) is -0.742. The number of carbonyl (C=O) groups is 1. The molecule has 0 saturated heterocycles. The molecule has 1 unspecified atom stereocenters. The Bertz CT molecular complexity index is 96.9. The molecule has 0 spiro atoms. The molecule has 10 heavy (non-hydrogen) atoms. The average molecular weight is 149 g/mol. The summed E-state index contributed by atoms with van der Waals surface area (Å²) < 4.78 is 0. The maximum Gasteiger partial charge on any atom is 0.320 e. The van der Waals surface area contributed by atoms with Crippen molar-refractivity contribution < 1.29 is 9.90 Å². The van der Waals surface area contributed by atoms with Gasteiger partial charge in [0.05, 0.1) is 0 Å². The summed E-state index contributed by atoms with van der Waals surface area (Å²) in [5.41, 5.74) is 10.3. The summed E-state index contributed by atoms with van der Waals surface area (Å²) in [6.07, 6.45) is 1.14. The topological polar surface area (TPSA) is 124 Å². The van der Waals surface area contributed by atoms with Crippen LogP contribution in [0.2, 0.25) is 0 Å². The van der Waals surface area contributed by atoms with Gasteiger partial charge in [0.2, 0.25) is 0 Å². The molecule has 8 N–H and O–H groups in total. The van der Waals surface area contributed by atoms with Crippen LogP contribution in [0, 0.1) is 0 Å². The lowest BCUT2D eigenvalue weighted by Crippen LogP contribution is -2.30. The first-order valence-electron chi connectivity index (χ1n) is 2.87. The smallest absolute Gasteiger partial charge is 0.320 e. The van der Waals surface area contributed by atoms with E-state index in [0.717, 1.165) is 0 Å². The predicted octanol–water partition coefficient (Wildman–Crippen LogP) is -0.701. The van der Waals surface area contributed by atoms with Crippen LogP contribution in [0.3, 0.4) is 0 Å². The Kier molecular flexibility index (Phi) is 7.81. The fourth-order valence-corrected chi connectivity index (χ4v) is 0.461. The normalized spacial score (nSPS) is 11.8. The Morgan fingerprint density at radius 3 is 2.40 bits per heavy atom. The van der Waals surface area contributed by atoms with Crippen LogP contribution < -0.4 is 17.6 Å². The Hall–Kier alpha value is -0.650. The van der Waals surface area contributed by atoms with E-state index in [1.807, 2.05) is 0 Å². The van der Waals surface area contributed by atoms with Crippen molar-refractivity contribution in [3.63, 3.8) is 0 Å². The van der Waals surface area contributed by atoms with Crippen LogP contribution >= 0.6 is 0 Å². The maximum atomic E-state index is 10.0. The van der Waals surface area contributed by atoms with E-state index in [1.165, 1.54) is 0 Å². The summed E-state index contributed by atoms with van der Waals surface area (Å²) in [5, 5.41) is 8.24. The summed E-state index contributed by atoms with van der Waals surface area (Å²) in [4.78, 5) is 10.0. The van der Waals surface area contributed by atoms with Crippen LogP contribution in [0.15, 0.2) is 0 Å². The first-order chi connectivity index (χ1) is 4.18. The number of carboxylic acid groups (broad SMARTS) is 1. The number of aliphatic carboxylic acids is 1. The molecule has 0 aliphatic heterocycles. The molecule has 0 fully saturated rings. The van der Waals surface area contributed by atoms with Crippen LogP contribution in [0.1, 0.15) is 12.8 Å². The summed E-state index contributed by atoms with van der Waals surface area (Å²) in [5.74, 6) is -0.955. The number of nitrogens with two attached hydrogens (primary N) is 2. The quantitative estimate of drug-likeness (QED) is 0.420. The Morgan fingerprint density at radius 1 is 1.60 bits per heavy atom. The highest BCUT2D eigenvalue weighted by Crippen LogP contribution is 1.91. The van der Waals surface area contributed by atoms with Gasteiger partial charge in [0, 0.05) is 0 Å². The molecule has 62 valence electrons. The van der Waals surface area contributed by atoms with Gasteiger partial charge in [-0.05, 0) is 19.4 Å². The zero-order chi connectivity index (χ0) is 7.28.